The molecule has 24 heavy (non-hydrogen) atoms. The SMILES string of the molecule is COc1cc(OC)c(CCc2cccc(OC)c2OC)c(OC)c1. The van der Waals surface area contributed by atoms with E-state index in [1.54, 1.807) is 35.5 Å². The van der Waals surface area contributed by atoms with Crippen LogP contribution in [-0.2, 0) is 12.8 Å². The van der Waals surface area contributed by atoms with Crippen LogP contribution in [0.25, 0.3) is 0 Å². The van der Waals surface area contributed by atoms with E-state index in [1.165, 1.54) is 0 Å². The predicted molar refractivity (Wildman–Crippen MR) is 93.1 cm³/mol. The molecular weight excluding hydrogens is 308 g/mol. The minimum atomic E-state index is 0.700. The van der Waals surface area contributed by atoms with E-state index < -0.39 is 0 Å². The molecule has 0 radical (unpaired) electrons. The Morgan fingerprint density at radius 3 is 1.79 bits per heavy atom. The Hall–Kier alpha value is -2.56. The summed E-state index contributed by atoms with van der Waals surface area (Å²) in [6.45, 7) is 0. The van der Waals surface area contributed by atoms with Gasteiger partial charge in [0.15, 0.2) is 11.5 Å². The fourth-order valence-corrected chi connectivity index (χ4v) is 2.73. The number of ether oxygens (including phenoxy) is 5. The van der Waals surface area contributed by atoms with Crippen molar-refractivity contribution < 1.29 is 23.7 Å². The van der Waals surface area contributed by atoms with Crippen LogP contribution in [0.15, 0.2) is 30.3 Å². The van der Waals surface area contributed by atoms with Gasteiger partial charge in [-0.15, -0.1) is 0 Å². The topological polar surface area (TPSA) is 46.2 Å². The molecule has 5 heteroatoms. The van der Waals surface area contributed by atoms with Crippen LogP contribution in [0.2, 0.25) is 0 Å². The molecule has 0 bridgehead atoms. The van der Waals surface area contributed by atoms with Crippen LogP contribution in [0.1, 0.15) is 11.1 Å². The molecule has 0 fully saturated rings. The summed E-state index contributed by atoms with van der Waals surface area (Å²) in [7, 11) is 8.19. The molecule has 0 aliphatic heterocycles. The summed E-state index contributed by atoms with van der Waals surface area (Å²) in [5.74, 6) is 3.67. The van der Waals surface area contributed by atoms with Crippen molar-refractivity contribution in [3.05, 3.63) is 41.5 Å². The van der Waals surface area contributed by atoms with Gasteiger partial charge in [0.05, 0.1) is 35.5 Å². The average molecular weight is 332 g/mol. The third-order valence-electron chi connectivity index (χ3n) is 3.95. The van der Waals surface area contributed by atoms with E-state index in [9.17, 15) is 0 Å². The minimum Gasteiger partial charge on any atom is -0.496 e. The lowest BCUT2D eigenvalue weighted by molar-refractivity contribution is 0.351. The van der Waals surface area contributed by atoms with Gasteiger partial charge in [-0.3, -0.25) is 0 Å². The summed E-state index contributed by atoms with van der Waals surface area (Å²) in [6.07, 6.45) is 1.50. The van der Waals surface area contributed by atoms with Crippen molar-refractivity contribution in [3.8, 4) is 28.7 Å². The van der Waals surface area contributed by atoms with E-state index >= 15 is 0 Å². The van der Waals surface area contributed by atoms with E-state index in [0.29, 0.717) is 5.75 Å². The van der Waals surface area contributed by atoms with E-state index in [4.69, 9.17) is 23.7 Å². The molecule has 0 heterocycles. The molecule has 0 saturated heterocycles. The summed E-state index contributed by atoms with van der Waals surface area (Å²) >= 11 is 0. The molecule has 0 aliphatic carbocycles. The molecule has 0 atom stereocenters. The maximum atomic E-state index is 5.50. The molecule has 0 aromatic heterocycles. The monoisotopic (exact) mass is 332 g/mol. The van der Waals surface area contributed by atoms with Gasteiger partial charge >= 0.3 is 0 Å². The fourth-order valence-electron chi connectivity index (χ4n) is 2.73. The van der Waals surface area contributed by atoms with Crippen LogP contribution in [-0.4, -0.2) is 35.5 Å². The Morgan fingerprint density at radius 1 is 0.667 bits per heavy atom. The van der Waals surface area contributed by atoms with Gasteiger partial charge in [-0.05, 0) is 24.5 Å². The first kappa shape index (κ1) is 17.8. The second kappa shape index (κ2) is 8.34. The Labute approximate surface area is 143 Å². The fraction of sp³-hybridized carbons (Fsp3) is 0.368. The number of aryl methyl sites for hydroxylation is 1. The van der Waals surface area contributed by atoms with Gasteiger partial charge in [0.1, 0.15) is 17.2 Å². The van der Waals surface area contributed by atoms with Crippen LogP contribution < -0.4 is 23.7 Å². The third-order valence-corrected chi connectivity index (χ3v) is 3.95. The number of rotatable bonds is 8. The van der Waals surface area contributed by atoms with Gasteiger partial charge in [0.25, 0.3) is 0 Å². The number of hydrogen-bond donors (Lipinski definition) is 0. The highest BCUT2D eigenvalue weighted by Gasteiger charge is 2.15. The maximum Gasteiger partial charge on any atom is 0.163 e. The molecule has 2 aromatic carbocycles. The first-order valence-corrected chi connectivity index (χ1v) is 7.67. The Kier molecular flexibility index (Phi) is 6.18. The van der Waals surface area contributed by atoms with Crippen molar-refractivity contribution >= 4 is 0 Å². The zero-order chi connectivity index (χ0) is 17.5. The van der Waals surface area contributed by atoms with Crippen LogP contribution >= 0.6 is 0 Å². The van der Waals surface area contributed by atoms with Crippen molar-refractivity contribution in [2.45, 2.75) is 12.8 Å². The summed E-state index contributed by atoms with van der Waals surface area (Å²) in [5.41, 5.74) is 2.06. The smallest absolute Gasteiger partial charge is 0.163 e. The second-order valence-corrected chi connectivity index (χ2v) is 5.16. The third kappa shape index (κ3) is 3.67. The molecule has 2 aromatic rings. The zero-order valence-electron chi connectivity index (χ0n) is 14.8. The summed E-state index contributed by atoms with van der Waals surface area (Å²) in [6, 6.07) is 9.60. The summed E-state index contributed by atoms with van der Waals surface area (Å²) in [5, 5.41) is 0. The van der Waals surface area contributed by atoms with Gasteiger partial charge in [-0.25, -0.2) is 0 Å². The lowest BCUT2D eigenvalue weighted by Crippen LogP contribution is -2.02. The lowest BCUT2D eigenvalue weighted by Gasteiger charge is -2.16. The van der Waals surface area contributed by atoms with Crippen LogP contribution in [0.5, 0.6) is 28.7 Å². The van der Waals surface area contributed by atoms with E-state index in [0.717, 1.165) is 47.0 Å². The first-order chi connectivity index (χ1) is 11.7. The van der Waals surface area contributed by atoms with E-state index in [2.05, 4.69) is 0 Å². The molecule has 0 saturated carbocycles. The van der Waals surface area contributed by atoms with E-state index in [1.807, 2.05) is 30.3 Å². The Balaban J connectivity index is 2.32. The number of hydrogen-bond acceptors (Lipinski definition) is 5. The quantitative estimate of drug-likeness (QED) is 0.740. The molecule has 0 N–H and O–H groups in total. The van der Waals surface area contributed by atoms with Crippen LogP contribution in [0.4, 0.5) is 0 Å². The molecular formula is C19H24O5. The summed E-state index contributed by atoms with van der Waals surface area (Å²) < 4.78 is 27.2. The highest BCUT2D eigenvalue weighted by atomic mass is 16.5. The highest BCUT2D eigenvalue weighted by Crippen LogP contribution is 2.37. The standard InChI is InChI=1S/C19H24O5/c1-20-14-11-17(22-3)15(18(12-14)23-4)10-9-13-7-6-8-16(21-2)19(13)24-5/h6-8,11-12H,9-10H2,1-5H3. The van der Waals surface area contributed by atoms with Crippen LogP contribution in [0.3, 0.4) is 0 Å². The molecule has 0 amide bonds. The first-order valence-electron chi connectivity index (χ1n) is 7.67. The highest BCUT2D eigenvalue weighted by molar-refractivity contribution is 5.52. The van der Waals surface area contributed by atoms with Crippen molar-refractivity contribution in [2.24, 2.45) is 0 Å². The lowest BCUT2D eigenvalue weighted by atomic mass is 10.0. The van der Waals surface area contributed by atoms with Crippen LogP contribution in [0, 0.1) is 0 Å². The molecule has 5 nitrogen and oxygen atoms in total. The average Bonchev–Trinajstić information content (AvgIpc) is 2.64. The molecule has 0 aliphatic rings. The second-order valence-electron chi connectivity index (χ2n) is 5.16. The molecule has 130 valence electrons. The van der Waals surface area contributed by atoms with Gasteiger partial charge in [-0.1, -0.05) is 12.1 Å². The minimum absolute atomic E-state index is 0.700. The predicted octanol–water partition coefficient (Wildman–Crippen LogP) is 3.51. The molecule has 0 unspecified atom stereocenters. The van der Waals surface area contributed by atoms with Crippen molar-refractivity contribution in [3.63, 3.8) is 0 Å². The van der Waals surface area contributed by atoms with E-state index in [-0.39, 0.29) is 0 Å². The maximum absolute atomic E-state index is 5.50. The normalized spacial score (nSPS) is 10.2. The van der Waals surface area contributed by atoms with Gasteiger partial charge in [0, 0.05) is 17.7 Å². The number of methoxy groups -OCH3 is 5. The summed E-state index contributed by atoms with van der Waals surface area (Å²) in [4.78, 5) is 0. The molecule has 0 spiro atoms. The largest absolute Gasteiger partial charge is 0.496 e. The van der Waals surface area contributed by atoms with Gasteiger partial charge in [-0.2, -0.15) is 0 Å². The zero-order valence-corrected chi connectivity index (χ0v) is 14.8. The van der Waals surface area contributed by atoms with Gasteiger partial charge < -0.3 is 23.7 Å². The van der Waals surface area contributed by atoms with Gasteiger partial charge in [0.2, 0.25) is 0 Å². The Morgan fingerprint density at radius 2 is 1.29 bits per heavy atom. The van der Waals surface area contributed by atoms with Crippen molar-refractivity contribution in [1.82, 2.24) is 0 Å². The Bertz CT molecular complexity index is 656. The van der Waals surface area contributed by atoms with Crippen molar-refractivity contribution in [1.29, 1.82) is 0 Å². The van der Waals surface area contributed by atoms with Crippen molar-refractivity contribution in [2.75, 3.05) is 35.5 Å². The number of benzene rings is 2. The molecule has 2 rings (SSSR count). The number of para-hydroxylation sites is 1.